The molecule has 2 aromatic rings. The number of H-pyrrole nitrogens is 1. The molecule has 2 N–H and O–H groups in total. The number of nitrogens with zero attached hydrogens (tertiary/aromatic N) is 3. The van der Waals surface area contributed by atoms with E-state index in [9.17, 15) is 18.0 Å². The van der Waals surface area contributed by atoms with Gasteiger partial charge in [-0.1, -0.05) is 0 Å². The molecule has 0 aliphatic heterocycles. The van der Waals surface area contributed by atoms with Gasteiger partial charge >= 0.3 is 5.69 Å². The van der Waals surface area contributed by atoms with Crippen LogP contribution in [-0.4, -0.2) is 34.1 Å². The second-order valence-electron chi connectivity index (χ2n) is 4.43. The maximum atomic E-state index is 12.1. The molecule has 2 rings (SSSR count). The first-order valence-corrected chi connectivity index (χ1v) is 7.56. The fourth-order valence-corrected chi connectivity index (χ4v) is 2.97. The molecular weight excluding hydrogens is 298 g/mol. The molecule has 2 heterocycles. The molecule has 0 fully saturated rings. The van der Waals surface area contributed by atoms with Crippen molar-refractivity contribution in [3.8, 4) is 0 Å². The Morgan fingerprint density at radius 2 is 2.05 bits per heavy atom. The molecule has 10 heteroatoms. The zero-order chi connectivity index (χ0) is 15.6. The SMILES string of the molecule is Cn1cc(S(=O)(=O)NCCc2ncc[nH]2)c(=O)n(C)c1=O. The number of aryl methyl sites for hydroxylation is 1. The maximum absolute atomic E-state index is 12.1. The maximum Gasteiger partial charge on any atom is 0.330 e. The van der Waals surface area contributed by atoms with Gasteiger partial charge in [0, 0.05) is 45.7 Å². The molecule has 0 atom stereocenters. The number of aromatic nitrogens is 4. The van der Waals surface area contributed by atoms with E-state index in [0.717, 1.165) is 15.3 Å². The second kappa shape index (κ2) is 5.66. The predicted molar refractivity (Wildman–Crippen MR) is 74.4 cm³/mol. The second-order valence-corrected chi connectivity index (χ2v) is 6.17. The summed E-state index contributed by atoms with van der Waals surface area (Å²) in [6.07, 6.45) is 4.57. The highest BCUT2D eigenvalue weighted by Crippen LogP contribution is 2.00. The van der Waals surface area contributed by atoms with Crippen molar-refractivity contribution < 1.29 is 8.42 Å². The average Bonchev–Trinajstić information content (AvgIpc) is 2.93. The molecule has 2 aromatic heterocycles. The smallest absolute Gasteiger partial charge is 0.330 e. The summed E-state index contributed by atoms with van der Waals surface area (Å²) in [5.74, 6) is 0.631. The third-order valence-electron chi connectivity index (χ3n) is 2.91. The Labute approximate surface area is 120 Å². The van der Waals surface area contributed by atoms with E-state index in [1.165, 1.54) is 14.1 Å². The Balaban J connectivity index is 2.24. The van der Waals surface area contributed by atoms with Crippen LogP contribution < -0.4 is 16.0 Å². The highest BCUT2D eigenvalue weighted by Gasteiger charge is 2.20. The molecule has 0 aliphatic carbocycles. The van der Waals surface area contributed by atoms with E-state index >= 15 is 0 Å². The van der Waals surface area contributed by atoms with Crippen molar-refractivity contribution >= 4 is 10.0 Å². The van der Waals surface area contributed by atoms with Crippen molar-refractivity contribution in [3.05, 3.63) is 45.3 Å². The van der Waals surface area contributed by atoms with Gasteiger partial charge in [-0.25, -0.2) is 22.9 Å². The molecule has 0 saturated carbocycles. The van der Waals surface area contributed by atoms with Gasteiger partial charge in [-0.3, -0.25) is 9.36 Å². The van der Waals surface area contributed by atoms with Crippen molar-refractivity contribution in [2.24, 2.45) is 14.1 Å². The van der Waals surface area contributed by atoms with Crippen LogP contribution in [0.25, 0.3) is 0 Å². The van der Waals surface area contributed by atoms with Gasteiger partial charge in [-0.2, -0.15) is 0 Å². The van der Waals surface area contributed by atoms with Gasteiger partial charge in [0.1, 0.15) is 5.82 Å². The van der Waals surface area contributed by atoms with Crippen LogP contribution >= 0.6 is 0 Å². The molecule has 21 heavy (non-hydrogen) atoms. The molecule has 0 aliphatic rings. The van der Waals surface area contributed by atoms with Crippen molar-refractivity contribution in [2.45, 2.75) is 11.3 Å². The van der Waals surface area contributed by atoms with Gasteiger partial charge in [0.05, 0.1) is 0 Å². The van der Waals surface area contributed by atoms with Crippen molar-refractivity contribution in [2.75, 3.05) is 6.54 Å². The number of hydrogen-bond donors (Lipinski definition) is 2. The summed E-state index contributed by atoms with van der Waals surface area (Å²) < 4.78 is 28.4. The third kappa shape index (κ3) is 3.11. The van der Waals surface area contributed by atoms with Crippen LogP contribution in [0.3, 0.4) is 0 Å². The van der Waals surface area contributed by atoms with Crippen LogP contribution in [0.4, 0.5) is 0 Å². The van der Waals surface area contributed by atoms with E-state index in [0.29, 0.717) is 12.2 Å². The standard InChI is InChI=1S/C11H15N5O4S/c1-15-7-8(10(17)16(2)11(15)18)21(19,20)14-4-3-9-12-5-6-13-9/h5-7,14H,3-4H2,1-2H3,(H,12,13). The van der Waals surface area contributed by atoms with Gasteiger partial charge in [-0.15, -0.1) is 0 Å². The van der Waals surface area contributed by atoms with Crippen LogP contribution in [0, 0.1) is 0 Å². The first-order valence-electron chi connectivity index (χ1n) is 6.07. The third-order valence-corrected chi connectivity index (χ3v) is 4.36. The van der Waals surface area contributed by atoms with Gasteiger partial charge in [-0.05, 0) is 0 Å². The summed E-state index contributed by atoms with van der Waals surface area (Å²) in [5.41, 5.74) is -1.45. The molecule has 0 amide bonds. The number of imidazole rings is 1. The minimum atomic E-state index is -3.99. The van der Waals surface area contributed by atoms with E-state index in [2.05, 4.69) is 14.7 Å². The predicted octanol–water partition coefficient (Wildman–Crippen LogP) is -1.67. The molecule has 0 aromatic carbocycles. The first kappa shape index (κ1) is 15.2. The Morgan fingerprint density at radius 1 is 1.33 bits per heavy atom. The van der Waals surface area contributed by atoms with Gasteiger partial charge in [0.2, 0.25) is 10.0 Å². The zero-order valence-corrected chi connectivity index (χ0v) is 12.3. The largest absolute Gasteiger partial charge is 0.349 e. The summed E-state index contributed by atoms with van der Waals surface area (Å²) in [6.45, 7) is 0.0852. The highest BCUT2D eigenvalue weighted by atomic mass is 32.2. The van der Waals surface area contributed by atoms with E-state index < -0.39 is 26.2 Å². The summed E-state index contributed by atoms with van der Waals surface area (Å²) >= 11 is 0. The van der Waals surface area contributed by atoms with Crippen LogP contribution in [-0.2, 0) is 30.5 Å². The lowest BCUT2D eigenvalue weighted by Gasteiger charge is -2.08. The molecule has 0 spiro atoms. The normalized spacial score (nSPS) is 11.7. The van der Waals surface area contributed by atoms with E-state index in [1.807, 2.05) is 0 Å². The van der Waals surface area contributed by atoms with Crippen molar-refractivity contribution in [1.82, 2.24) is 23.8 Å². The van der Waals surface area contributed by atoms with E-state index in [1.54, 1.807) is 12.4 Å². The lowest BCUT2D eigenvalue weighted by molar-refractivity contribution is 0.570. The summed E-state index contributed by atoms with van der Waals surface area (Å²) in [5, 5.41) is 0. The molecule has 9 nitrogen and oxygen atoms in total. The fourth-order valence-electron chi connectivity index (χ4n) is 1.78. The number of aromatic amines is 1. The highest BCUT2D eigenvalue weighted by molar-refractivity contribution is 7.89. The quantitative estimate of drug-likeness (QED) is 0.684. The zero-order valence-electron chi connectivity index (χ0n) is 11.5. The molecule has 0 radical (unpaired) electrons. The molecule has 0 unspecified atom stereocenters. The Morgan fingerprint density at radius 3 is 2.67 bits per heavy atom. The minimum absolute atomic E-state index is 0.0852. The Hall–Kier alpha value is -2.20. The lowest BCUT2D eigenvalue weighted by Crippen LogP contribution is -2.41. The van der Waals surface area contributed by atoms with Crippen molar-refractivity contribution in [1.29, 1.82) is 0 Å². The Bertz CT molecular complexity index is 848. The van der Waals surface area contributed by atoms with Crippen molar-refractivity contribution in [3.63, 3.8) is 0 Å². The number of rotatable bonds is 5. The molecule has 114 valence electrons. The van der Waals surface area contributed by atoms with Gasteiger partial charge in [0.15, 0.2) is 4.90 Å². The number of hydrogen-bond acceptors (Lipinski definition) is 5. The lowest BCUT2D eigenvalue weighted by atomic mass is 10.4. The summed E-state index contributed by atoms with van der Waals surface area (Å²) in [4.78, 5) is 29.8. The van der Waals surface area contributed by atoms with E-state index in [-0.39, 0.29) is 6.54 Å². The summed E-state index contributed by atoms with van der Waals surface area (Å²) in [7, 11) is -1.38. The van der Waals surface area contributed by atoms with E-state index in [4.69, 9.17) is 0 Å². The monoisotopic (exact) mass is 313 g/mol. The number of sulfonamides is 1. The molecule has 0 bridgehead atoms. The minimum Gasteiger partial charge on any atom is -0.349 e. The van der Waals surface area contributed by atoms with Crippen LogP contribution in [0.2, 0.25) is 0 Å². The summed E-state index contributed by atoms with van der Waals surface area (Å²) in [6, 6.07) is 0. The van der Waals surface area contributed by atoms with Crippen LogP contribution in [0.1, 0.15) is 5.82 Å². The van der Waals surface area contributed by atoms with Crippen LogP contribution in [0.15, 0.2) is 33.1 Å². The van der Waals surface area contributed by atoms with Gasteiger partial charge in [0.25, 0.3) is 5.56 Å². The first-order chi connectivity index (χ1) is 9.83. The van der Waals surface area contributed by atoms with Gasteiger partial charge < -0.3 is 9.55 Å². The Kier molecular flexibility index (Phi) is 4.09. The average molecular weight is 313 g/mol. The molecule has 0 saturated heterocycles. The topological polar surface area (TPSA) is 119 Å². The van der Waals surface area contributed by atoms with Crippen LogP contribution in [0.5, 0.6) is 0 Å². The number of nitrogens with one attached hydrogen (secondary N) is 2. The molecular formula is C11H15N5O4S. The fraction of sp³-hybridized carbons (Fsp3) is 0.364.